The number of pyridine rings is 1. The molecule has 0 aromatic carbocycles. The smallest absolute Gasteiger partial charge is 0.216 e. The van der Waals surface area contributed by atoms with Crippen molar-refractivity contribution >= 4 is 8.32 Å². The summed E-state index contributed by atoms with van der Waals surface area (Å²) >= 11 is 0. The summed E-state index contributed by atoms with van der Waals surface area (Å²) < 4.78 is 24.6. The standard InChI is InChI=1S/C36H69NO4Si/c1-9-10-11-12-13-14-15-16-17-18-19-20-21-22-23-24-28-39-29-34(41-36-27-25-26-35(37-36)38-8)30-40-42(31(2)3,32(4)5)33(6)7/h25-27,31-34H,9-24,28-30H2,1-8H3/t34-/m1/s1. The summed E-state index contributed by atoms with van der Waals surface area (Å²) in [6.07, 6.45) is 21.8. The van der Waals surface area contributed by atoms with E-state index in [0.29, 0.717) is 41.6 Å². The van der Waals surface area contributed by atoms with Crippen LogP contribution in [0.15, 0.2) is 18.2 Å². The summed E-state index contributed by atoms with van der Waals surface area (Å²) in [6.45, 7) is 18.0. The van der Waals surface area contributed by atoms with Gasteiger partial charge in [0, 0.05) is 18.7 Å². The molecule has 1 atom stereocenters. The van der Waals surface area contributed by atoms with Gasteiger partial charge in [-0.1, -0.05) is 151 Å². The number of hydrogen-bond donors (Lipinski definition) is 0. The van der Waals surface area contributed by atoms with Gasteiger partial charge in [0.15, 0.2) is 0 Å². The van der Waals surface area contributed by atoms with Gasteiger partial charge in [-0.15, -0.1) is 0 Å². The molecule has 0 bridgehead atoms. The number of hydrogen-bond acceptors (Lipinski definition) is 5. The highest BCUT2D eigenvalue weighted by Crippen LogP contribution is 2.42. The quantitative estimate of drug-likeness (QED) is 0.0700. The molecule has 0 saturated carbocycles. The fourth-order valence-electron chi connectivity index (χ4n) is 6.57. The van der Waals surface area contributed by atoms with Gasteiger partial charge in [-0.2, -0.15) is 4.98 Å². The molecule has 0 saturated heterocycles. The van der Waals surface area contributed by atoms with Crippen LogP contribution < -0.4 is 9.47 Å². The molecule has 42 heavy (non-hydrogen) atoms. The van der Waals surface area contributed by atoms with Crippen molar-refractivity contribution in [2.45, 2.75) is 174 Å². The minimum atomic E-state index is -2.00. The molecule has 0 radical (unpaired) electrons. The van der Waals surface area contributed by atoms with E-state index in [4.69, 9.17) is 18.6 Å². The number of methoxy groups -OCH3 is 1. The zero-order chi connectivity index (χ0) is 31.1. The molecule has 0 spiro atoms. The van der Waals surface area contributed by atoms with Crippen LogP contribution in [-0.2, 0) is 9.16 Å². The van der Waals surface area contributed by atoms with Crippen molar-refractivity contribution in [1.29, 1.82) is 0 Å². The molecule has 5 nitrogen and oxygen atoms in total. The molecule has 6 heteroatoms. The van der Waals surface area contributed by atoms with E-state index in [1.54, 1.807) is 7.11 Å². The highest BCUT2D eigenvalue weighted by molar-refractivity contribution is 6.77. The topological polar surface area (TPSA) is 49.8 Å². The molecule has 0 aliphatic rings. The monoisotopic (exact) mass is 607 g/mol. The Morgan fingerprint density at radius 1 is 0.619 bits per heavy atom. The Labute approximate surface area is 262 Å². The molecule has 246 valence electrons. The number of unbranched alkanes of at least 4 members (excludes halogenated alkanes) is 15. The van der Waals surface area contributed by atoms with Crippen LogP contribution in [-0.4, -0.2) is 46.3 Å². The highest BCUT2D eigenvalue weighted by Gasteiger charge is 2.45. The summed E-state index contributed by atoms with van der Waals surface area (Å²) in [4.78, 5) is 4.47. The summed E-state index contributed by atoms with van der Waals surface area (Å²) in [5, 5.41) is 0. The molecule has 0 aliphatic carbocycles. The van der Waals surface area contributed by atoms with Gasteiger partial charge in [-0.3, -0.25) is 0 Å². The first-order valence-corrected chi connectivity index (χ1v) is 19.8. The van der Waals surface area contributed by atoms with Crippen molar-refractivity contribution in [1.82, 2.24) is 4.98 Å². The third kappa shape index (κ3) is 16.1. The maximum Gasteiger partial charge on any atom is 0.216 e. The third-order valence-corrected chi connectivity index (χ3v) is 14.9. The van der Waals surface area contributed by atoms with E-state index < -0.39 is 8.32 Å². The number of rotatable bonds is 28. The lowest BCUT2D eigenvalue weighted by atomic mass is 10.0. The molecule has 0 unspecified atom stereocenters. The van der Waals surface area contributed by atoms with E-state index in [1.165, 1.54) is 96.3 Å². The first-order valence-electron chi connectivity index (χ1n) is 17.7. The van der Waals surface area contributed by atoms with Gasteiger partial charge < -0.3 is 18.6 Å². The van der Waals surface area contributed by atoms with E-state index in [9.17, 15) is 0 Å². The van der Waals surface area contributed by atoms with Crippen LogP contribution in [0.2, 0.25) is 16.6 Å². The SMILES string of the molecule is CCCCCCCCCCCCCCCCCCOC[C@H](CO[Si](C(C)C)(C(C)C)C(C)C)Oc1cccc(OC)n1. The van der Waals surface area contributed by atoms with Crippen LogP contribution in [0, 0.1) is 0 Å². The maximum absolute atomic E-state index is 6.87. The molecule has 1 aromatic heterocycles. The van der Waals surface area contributed by atoms with Crippen LogP contribution in [0.25, 0.3) is 0 Å². The third-order valence-electron chi connectivity index (χ3n) is 8.87. The first kappa shape index (κ1) is 38.9. The van der Waals surface area contributed by atoms with Gasteiger partial charge in [0.1, 0.15) is 6.10 Å². The molecular weight excluding hydrogens is 538 g/mol. The van der Waals surface area contributed by atoms with E-state index >= 15 is 0 Å². The Bertz CT molecular complexity index is 736. The molecule has 0 aliphatic heterocycles. The zero-order valence-electron chi connectivity index (χ0n) is 29.1. The number of aromatic nitrogens is 1. The Hall–Kier alpha value is -1.11. The predicted molar refractivity (Wildman–Crippen MR) is 183 cm³/mol. The van der Waals surface area contributed by atoms with Crippen LogP contribution in [0.5, 0.6) is 11.8 Å². The van der Waals surface area contributed by atoms with E-state index in [0.717, 1.165) is 13.0 Å². The van der Waals surface area contributed by atoms with Gasteiger partial charge in [0.25, 0.3) is 0 Å². The number of ether oxygens (including phenoxy) is 3. The minimum absolute atomic E-state index is 0.200. The second-order valence-corrected chi connectivity index (χ2v) is 18.7. The lowest BCUT2D eigenvalue weighted by Gasteiger charge is -2.42. The van der Waals surface area contributed by atoms with Crippen LogP contribution in [0.1, 0.15) is 151 Å². The fraction of sp³-hybridized carbons (Fsp3) is 0.861. The van der Waals surface area contributed by atoms with Gasteiger partial charge in [-0.25, -0.2) is 0 Å². The van der Waals surface area contributed by atoms with Crippen molar-refractivity contribution in [2.24, 2.45) is 0 Å². The van der Waals surface area contributed by atoms with E-state index in [1.807, 2.05) is 18.2 Å². The fourth-order valence-corrected chi connectivity index (χ4v) is 12.0. The second kappa shape index (κ2) is 24.2. The molecule has 1 aromatic rings. The second-order valence-electron chi connectivity index (χ2n) is 13.3. The molecule has 0 amide bonds. The van der Waals surface area contributed by atoms with Crippen LogP contribution >= 0.6 is 0 Å². The molecule has 0 fully saturated rings. The van der Waals surface area contributed by atoms with Crippen molar-refractivity contribution in [3.63, 3.8) is 0 Å². The highest BCUT2D eigenvalue weighted by atomic mass is 28.4. The average molecular weight is 608 g/mol. The molecule has 1 heterocycles. The van der Waals surface area contributed by atoms with Crippen LogP contribution in [0.3, 0.4) is 0 Å². The largest absolute Gasteiger partial charge is 0.481 e. The van der Waals surface area contributed by atoms with Crippen molar-refractivity contribution < 1.29 is 18.6 Å². The van der Waals surface area contributed by atoms with Crippen LogP contribution in [0.4, 0.5) is 0 Å². The van der Waals surface area contributed by atoms with Gasteiger partial charge >= 0.3 is 0 Å². The average Bonchev–Trinajstić information content (AvgIpc) is 2.96. The lowest BCUT2D eigenvalue weighted by Crippen LogP contribution is -2.50. The predicted octanol–water partition coefficient (Wildman–Crippen LogP) is 11.3. The Morgan fingerprint density at radius 3 is 1.52 bits per heavy atom. The molecule has 1 rings (SSSR count). The molecular formula is C36H69NO4Si. The maximum atomic E-state index is 6.87. The lowest BCUT2D eigenvalue weighted by molar-refractivity contribution is 0.0183. The summed E-state index contributed by atoms with van der Waals surface area (Å²) in [6, 6.07) is 5.62. The van der Waals surface area contributed by atoms with Gasteiger partial charge in [0.05, 0.1) is 20.3 Å². The molecule has 0 N–H and O–H groups in total. The van der Waals surface area contributed by atoms with Gasteiger partial charge in [0.2, 0.25) is 20.1 Å². The Kier molecular flexibility index (Phi) is 22.5. The van der Waals surface area contributed by atoms with Gasteiger partial charge in [-0.05, 0) is 23.0 Å². The zero-order valence-corrected chi connectivity index (χ0v) is 30.1. The summed E-state index contributed by atoms with van der Waals surface area (Å²) in [5.74, 6) is 1.11. The number of nitrogens with zero attached hydrogens (tertiary/aromatic N) is 1. The van der Waals surface area contributed by atoms with E-state index in [2.05, 4.69) is 53.5 Å². The Balaban J connectivity index is 2.32. The summed E-state index contributed by atoms with van der Waals surface area (Å²) in [5.41, 5.74) is 1.58. The van der Waals surface area contributed by atoms with Crippen molar-refractivity contribution in [2.75, 3.05) is 26.9 Å². The first-order chi connectivity index (χ1) is 20.3. The van der Waals surface area contributed by atoms with Crippen molar-refractivity contribution in [3.05, 3.63) is 18.2 Å². The van der Waals surface area contributed by atoms with E-state index in [-0.39, 0.29) is 6.10 Å². The normalized spacial score (nSPS) is 12.9. The Morgan fingerprint density at radius 2 is 1.07 bits per heavy atom. The summed E-state index contributed by atoms with van der Waals surface area (Å²) in [7, 11) is -0.373. The minimum Gasteiger partial charge on any atom is -0.481 e. The van der Waals surface area contributed by atoms with Crippen molar-refractivity contribution in [3.8, 4) is 11.8 Å².